The summed E-state index contributed by atoms with van der Waals surface area (Å²) in [7, 11) is 0. The van der Waals surface area contributed by atoms with E-state index in [1.165, 1.54) is 0 Å². The Bertz CT molecular complexity index is 1420. The maximum Gasteiger partial charge on any atom is 0.257 e. The molecule has 3 aromatic rings. The Morgan fingerprint density at radius 1 is 1.07 bits per heavy atom. The topological polar surface area (TPSA) is 127 Å². The number of hydrogen-bond acceptors (Lipinski definition) is 7. The molecule has 0 radical (unpaired) electrons. The molecule has 1 aliphatic rings. The van der Waals surface area contributed by atoms with Gasteiger partial charge in [-0.15, -0.1) is 0 Å². The summed E-state index contributed by atoms with van der Waals surface area (Å²) in [6.07, 6.45) is 3.16. The lowest BCUT2D eigenvalue weighted by atomic mass is 10.0. The van der Waals surface area contributed by atoms with E-state index in [2.05, 4.69) is 15.7 Å². The molecule has 2 aromatic heterocycles. The lowest BCUT2D eigenvalue weighted by Gasteiger charge is -2.28. The van der Waals surface area contributed by atoms with Gasteiger partial charge in [-0.25, -0.2) is 9.67 Å². The maximum absolute atomic E-state index is 14.0. The predicted octanol–water partition coefficient (Wildman–Crippen LogP) is 3.77. The number of fused-ring (bicyclic) bond motifs is 1. The number of benzene rings is 1. The molecule has 3 amide bonds. The highest BCUT2D eigenvalue weighted by Crippen LogP contribution is 2.25. The van der Waals surface area contributed by atoms with Gasteiger partial charge in [0.05, 0.1) is 23.8 Å². The summed E-state index contributed by atoms with van der Waals surface area (Å²) in [5.41, 5.74) is 2.98. The van der Waals surface area contributed by atoms with E-state index in [9.17, 15) is 14.4 Å². The van der Waals surface area contributed by atoms with Crippen molar-refractivity contribution in [1.82, 2.24) is 40.1 Å². The van der Waals surface area contributed by atoms with Crippen molar-refractivity contribution >= 4 is 29.5 Å². The fourth-order valence-electron chi connectivity index (χ4n) is 5.45. The van der Waals surface area contributed by atoms with Gasteiger partial charge in [0.15, 0.2) is 11.6 Å². The predicted molar refractivity (Wildman–Crippen MR) is 169 cm³/mol. The molecule has 4 rings (SSSR count). The number of nitrogens with zero attached hydrogens (tertiary/aromatic N) is 6. The van der Waals surface area contributed by atoms with E-state index in [-0.39, 0.29) is 30.1 Å². The number of thioether (sulfide) groups is 1. The first-order valence-electron chi connectivity index (χ1n) is 15.1. The second kappa shape index (κ2) is 14.7. The molecule has 0 fully saturated rings. The molecule has 0 saturated carbocycles. The number of aromatic nitrogens is 5. The monoisotopic (exact) mass is 608 g/mol. The lowest BCUT2D eigenvalue weighted by molar-refractivity contribution is -0.129. The van der Waals surface area contributed by atoms with E-state index in [0.29, 0.717) is 61.9 Å². The van der Waals surface area contributed by atoms with Gasteiger partial charge in [-0.3, -0.25) is 19.1 Å². The smallest absolute Gasteiger partial charge is 0.257 e. The van der Waals surface area contributed by atoms with Gasteiger partial charge in [0.1, 0.15) is 6.04 Å². The molecule has 43 heavy (non-hydrogen) atoms. The highest BCUT2D eigenvalue weighted by Gasteiger charge is 2.31. The van der Waals surface area contributed by atoms with Crippen molar-refractivity contribution < 1.29 is 14.4 Å². The summed E-state index contributed by atoms with van der Waals surface area (Å²) in [6.45, 7) is 11.6. The standard InChI is InChI=1S/C31H44N8O3S/c1-7-38-22(5)26(21(4)35-38)31(42)37-16-11-14-25(40)32-24(15-19-43-6)30(41)33-27(20(2)3)29-34-28(36-39(29)18-17-37)23-12-9-8-10-13-23/h8-10,12-13,20,24,27H,7,11,14-19H2,1-6H3,(H,32,40)(H,33,41)/t24-,27+/m0/s1. The van der Waals surface area contributed by atoms with E-state index < -0.39 is 12.1 Å². The van der Waals surface area contributed by atoms with Crippen LogP contribution in [0.15, 0.2) is 30.3 Å². The lowest BCUT2D eigenvalue weighted by Crippen LogP contribution is -2.49. The Balaban J connectivity index is 1.75. The summed E-state index contributed by atoms with van der Waals surface area (Å²) in [4.78, 5) is 47.3. The molecular formula is C31H44N8O3S. The molecule has 0 bridgehead atoms. The molecule has 0 aliphatic carbocycles. The molecule has 0 saturated heterocycles. The number of nitrogens with one attached hydrogen (secondary N) is 2. The largest absolute Gasteiger partial charge is 0.344 e. The zero-order valence-corrected chi connectivity index (χ0v) is 26.9. The number of carbonyl (C=O) groups excluding carboxylic acids is 3. The van der Waals surface area contributed by atoms with Crippen LogP contribution in [0.25, 0.3) is 11.4 Å². The summed E-state index contributed by atoms with van der Waals surface area (Å²) in [6, 6.07) is 8.60. The minimum atomic E-state index is -0.669. The molecule has 2 N–H and O–H groups in total. The van der Waals surface area contributed by atoms with Gasteiger partial charge in [-0.1, -0.05) is 44.2 Å². The molecule has 232 valence electrons. The van der Waals surface area contributed by atoms with E-state index >= 15 is 0 Å². The number of amides is 3. The zero-order chi connectivity index (χ0) is 31.1. The molecule has 0 unspecified atom stereocenters. The first-order chi connectivity index (χ1) is 20.6. The zero-order valence-electron chi connectivity index (χ0n) is 26.1. The molecule has 0 spiro atoms. The molecule has 12 heteroatoms. The minimum absolute atomic E-state index is 0.0109. The minimum Gasteiger partial charge on any atom is -0.344 e. The molecule has 2 atom stereocenters. The first-order valence-corrected chi connectivity index (χ1v) is 16.5. The normalized spacial score (nSPS) is 18.6. The van der Waals surface area contributed by atoms with E-state index in [0.717, 1.165) is 17.0 Å². The van der Waals surface area contributed by atoms with Gasteiger partial charge >= 0.3 is 0 Å². The fraction of sp³-hybridized carbons (Fsp3) is 0.548. The van der Waals surface area contributed by atoms with Crippen molar-refractivity contribution in [3.8, 4) is 11.4 Å². The third-order valence-corrected chi connectivity index (χ3v) is 8.48. The highest BCUT2D eigenvalue weighted by atomic mass is 32.2. The average Bonchev–Trinajstić information content (AvgIpc) is 3.54. The van der Waals surface area contributed by atoms with E-state index in [1.807, 2.05) is 80.6 Å². The summed E-state index contributed by atoms with van der Waals surface area (Å²) in [5, 5.41) is 15.6. The SMILES string of the molecule is CCn1nc(C)c(C(=O)N2CCCC(=O)N[C@@H](CCSC)C(=O)N[C@H](C(C)C)c3nc(-c4ccccc4)nn3CC2)c1C. The van der Waals surface area contributed by atoms with Crippen LogP contribution in [0, 0.1) is 19.8 Å². The van der Waals surface area contributed by atoms with E-state index in [1.54, 1.807) is 16.7 Å². The van der Waals surface area contributed by atoms with Gasteiger partial charge < -0.3 is 15.5 Å². The van der Waals surface area contributed by atoms with Crippen LogP contribution in [0.1, 0.15) is 73.6 Å². The number of aryl methyl sites for hydroxylation is 2. The van der Waals surface area contributed by atoms with Crippen LogP contribution in [0.5, 0.6) is 0 Å². The van der Waals surface area contributed by atoms with Crippen molar-refractivity contribution in [3.05, 3.63) is 53.1 Å². The van der Waals surface area contributed by atoms with Crippen LogP contribution in [0.3, 0.4) is 0 Å². The average molecular weight is 609 g/mol. The molecule has 3 heterocycles. The first kappa shape index (κ1) is 32.2. The van der Waals surface area contributed by atoms with Gasteiger partial charge in [-0.05, 0) is 51.5 Å². The number of carbonyl (C=O) groups is 3. The summed E-state index contributed by atoms with van der Waals surface area (Å²) in [5.74, 6) is 1.35. The Kier molecular flexibility index (Phi) is 11.0. The third-order valence-electron chi connectivity index (χ3n) is 7.83. The van der Waals surface area contributed by atoms with Crippen molar-refractivity contribution in [1.29, 1.82) is 0 Å². The third kappa shape index (κ3) is 7.65. The second-order valence-electron chi connectivity index (χ2n) is 11.3. The number of hydrogen-bond donors (Lipinski definition) is 2. The molecule has 1 aliphatic heterocycles. The van der Waals surface area contributed by atoms with Crippen molar-refractivity contribution in [2.24, 2.45) is 5.92 Å². The van der Waals surface area contributed by atoms with Crippen molar-refractivity contribution in [3.63, 3.8) is 0 Å². The van der Waals surface area contributed by atoms with Gasteiger partial charge in [-0.2, -0.15) is 22.0 Å². The Morgan fingerprint density at radius 3 is 2.47 bits per heavy atom. The fourth-order valence-corrected chi connectivity index (χ4v) is 5.92. The summed E-state index contributed by atoms with van der Waals surface area (Å²) >= 11 is 1.63. The quantitative estimate of drug-likeness (QED) is 0.418. The highest BCUT2D eigenvalue weighted by molar-refractivity contribution is 7.98. The summed E-state index contributed by atoms with van der Waals surface area (Å²) < 4.78 is 3.66. The Hall–Kier alpha value is -3.67. The van der Waals surface area contributed by atoms with Crippen LogP contribution in [0.2, 0.25) is 0 Å². The van der Waals surface area contributed by atoms with Gasteiger partial charge in [0.25, 0.3) is 5.91 Å². The molecular weight excluding hydrogens is 564 g/mol. The van der Waals surface area contributed by atoms with E-state index in [4.69, 9.17) is 10.1 Å². The Morgan fingerprint density at radius 2 is 1.81 bits per heavy atom. The maximum atomic E-state index is 14.0. The number of rotatable bonds is 7. The molecule has 1 aromatic carbocycles. The van der Waals surface area contributed by atoms with Gasteiger partial charge in [0, 0.05) is 37.3 Å². The van der Waals surface area contributed by atoms with Crippen LogP contribution < -0.4 is 10.6 Å². The van der Waals surface area contributed by atoms with Crippen LogP contribution in [0.4, 0.5) is 0 Å². The van der Waals surface area contributed by atoms with Crippen molar-refractivity contribution in [2.45, 2.75) is 79.1 Å². The van der Waals surface area contributed by atoms with Crippen LogP contribution in [-0.4, -0.2) is 78.3 Å². The molecule has 11 nitrogen and oxygen atoms in total. The van der Waals surface area contributed by atoms with Crippen molar-refractivity contribution in [2.75, 3.05) is 25.1 Å². The van der Waals surface area contributed by atoms with Gasteiger partial charge in [0.2, 0.25) is 11.8 Å². The Labute approximate surface area is 258 Å². The second-order valence-corrected chi connectivity index (χ2v) is 12.3. The van der Waals surface area contributed by atoms with Crippen LogP contribution in [-0.2, 0) is 22.7 Å². The van der Waals surface area contributed by atoms with Crippen LogP contribution >= 0.6 is 11.8 Å².